The van der Waals surface area contributed by atoms with E-state index >= 15 is 0 Å². The SMILES string of the molecule is CCOC(=O)Nc1ccc2c(c1)nc1n2CCN(Cc2ccc3c(c2)OCO3)C1. The first-order valence-electron chi connectivity index (χ1n) is 9.73. The van der Waals surface area contributed by atoms with Crippen molar-refractivity contribution in [2.24, 2.45) is 0 Å². The molecule has 8 heteroatoms. The van der Waals surface area contributed by atoms with Gasteiger partial charge in [-0.05, 0) is 42.8 Å². The third-order valence-electron chi connectivity index (χ3n) is 5.20. The lowest BCUT2D eigenvalue weighted by Crippen LogP contribution is -2.33. The van der Waals surface area contributed by atoms with Crippen LogP contribution in [0.3, 0.4) is 0 Å². The topological polar surface area (TPSA) is 77.9 Å². The zero-order valence-electron chi connectivity index (χ0n) is 16.2. The summed E-state index contributed by atoms with van der Waals surface area (Å²) in [4.78, 5) is 18.8. The van der Waals surface area contributed by atoms with Crippen LogP contribution in [0.25, 0.3) is 11.0 Å². The number of benzene rings is 2. The van der Waals surface area contributed by atoms with Gasteiger partial charge in [-0.3, -0.25) is 10.2 Å². The van der Waals surface area contributed by atoms with E-state index in [0.29, 0.717) is 19.1 Å². The predicted octanol–water partition coefficient (Wildman–Crippen LogP) is 3.35. The minimum absolute atomic E-state index is 0.291. The third-order valence-corrected chi connectivity index (χ3v) is 5.20. The first kappa shape index (κ1) is 17.8. The van der Waals surface area contributed by atoms with Gasteiger partial charge in [0.25, 0.3) is 0 Å². The summed E-state index contributed by atoms with van der Waals surface area (Å²) in [5, 5.41) is 2.73. The summed E-state index contributed by atoms with van der Waals surface area (Å²) in [6.45, 7) is 5.82. The minimum atomic E-state index is -0.453. The zero-order valence-corrected chi connectivity index (χ0v) is 16.2. The molecule has 0 spiro atoms. The molecule has 0 saturated heterocycles. The van der Waals surface area contributed by atoms with E-state index in [0.717, 1.165) is 54.5 Å². The average molecular weight is 394 g/mol. The summed E-state index contributed by atoms with van der Waals surface area (Å²) < 4.78 is 18.1. The number of fused-ring (bicyclic) bond motifs is 4. The van der Waals surface area contributed by atoms with E-state index < -0.39 is 6.09 Å². The molecule has 1 amide bonds. The van der Waals surface area contributed by atoms with Crippen LogP contribution in [0.2, 0.25) is 0 Å². The minimum Gasteiger partial charge on any atom is -0.454 e. The largest absolute Gasteiger partial charge is 0.454 e. The summed E-state index contributed by atoms with van der Waals surface area (Å²) in [7, 11) is 0. The van der Waals surface area contributed by atoms with E-state index in [9.17, 15) is 4.79 Å². The fourth-order valence-corrected chi connectivity index (χ4v) is 3.87. The Morgan fingerprint density at radius 2 is 2.07 bits per heavy atom. The molecule has 0 saturated carbocycles. The van der Waals surface area contributed by atoms with Crippen LogP contribution in [0.1, 0.15) is 18.3 Å². The third kappa shape index (κ3) is 3.47. The fraction of sp³-hybridized carbons (Fsp3) is 0.333. The number of aromatic nitrogens is 2. The van der Waals surface area contributed by atoms with E-state index in [1.165, 1.54) is 5.56 Å². The summed E-state index contributed by atoms with van der Waals surface area (Å²) in [5.41, 5.74) is 3.83. The van der Waals surface area contributed by atoms with Gasteiger partial charge in [0.15, 0.2) is 11.5 Å². The number of carbonyl (C=O) groups excluding carboxylic acids is 1. The summed E-state index contributed by atoms with van der Waals surface area (Å²) in [5.74, 6) is 2.65. The van der Waals surface area contributed by atoms with E-state index in [4.69, 9.17) is 19.2 Å². The normalized spacial score (nSPS) is 15.3. The zero-order chi connectivity index (χ0) is 19.8. The van der Waals surface area contributed by atoms with Crippen molar-refractivity contribution in [1.29, 1.82) is 0 Å². The van der Waals surface area contributed by atoms with Gasteiger partial charge in [-0.1, -0.05) is 6.07 Å². The van der Waals surface area contributed by atoms with Crippen molar-refractivity contribution in [3.63, 3.8) is 0 Å². The summed E-state index contributed by atoms with van der Waals surface area (Å²) in [6, 6.07) is 11.9. The molecule has 29 heavy (non-hydrogen) atoms. The van der Waals surface area contributed by atoms with Crippen molar-refractivity contribution in [2.45, 2.75) is 26.6 Å². The number of nitrogens with zero attached hydrogens (tertiary/aromatic N) is 3. The van der Waals surface area contributed by atoms with E-state index in [1.54, 1.807) is 6.92 Å². The maximum Gasteiger partial charge on any atom is 0.411 e. The van der Waals surface area contributed by atoms with Crippen molar-refractivity contribution >= 4 is 22.8 Å². The molecular weight excluding hydrogens is 372 g/mol. The Balaban J connectivity index is 1.32. The number of imidazole rings is 1. The average Bonchev–Trinajstić information content (AvgIpc) is 3.31. The number of hydrogen-bond acceptors (Lipinski definition) is 6. The van der Waals surface area contributed by atoms with Crippen molar-refractivity contribution in [3.05, 3.63) is 47.8 Å². The lowest BCUT2D eigenvalue weighted by atomic mass is 10.2. The van der Waals surface area contributed by atoms with E-state index in [2.05, 4.69) is 20.9 Å². The molecule has 5 rings (SSSR count). The van der Waals surface area contributed by atoms with Gasteiger partial charge in [0.2, 0.25) is 6.79 Å². The Morgan fingerprint density at radius 1 is 1.17 bits per heavy atom. The Morgan fingerprint density at radius 3 is 2.97 bits per heavy atom. The van der Waals surface area contributed by atoms with Crippen LogP contribution in [-0.2, 0) is 24.4 Å². The molecule has 3 heterocycles. The Labute approximate surface area is 168 Å². The van der Waals surface area contributed by atoms with Crippen LogP contribution in [0, 0.1) is 0 Å². The molecule has 2 aromatic carbocycles. The molecule has 2 aliphatic heterocycles. The highest BCUT2D eigenvalue weighted by Gasteiger charge is 2.21. The van der Waals surface area contributed by atoms with Crippen LogP contribution in [0.15, 0.2) is 36.4 Å². The molecule has 1 aromatic heterocycles. The van der Waals surface area contributed by atoms with Crippen molar-refractivity contribution < 1.29 is 19.0 Å². The van der Waals surface area contributed by atoms with E-state index in [-0.39, 0.29) is 0 Å². The highest BCUT2D eigenvalue weighted by molar-refractivity contribution is 5.89. The highest BCUT2D eigenvalue weighted by atomic mass is 16.7. The maximum absolute atomic E-state index is 11.6. The highest BCUT2D eigenvalue weighted by Crippen LogP contribution is 2.33. The second-order valence-electron chi connectivity index (χ2n) is 7.13. The first-order valence-corrected chi connectivity index (χ1v) is 9.73. The predicted molar refractivity (Wildman–Crippen MR) is 107 cm³/mol. The molecule has 0 atom stereocenters. The smallest absolute Gasteiger partial charge is 0.411 e. The molecule has 0 fully saturated rings. The number of hydrogen-bond donors (Lipinski definition) is 1. The van der Waals surface area contributed by atoms with Crippen LogP contribution >= 0.6 is 0 Å². The fourth-order valence-electron chi connectivity index (χ4n) is 3.87. The number of amides is 1. The number of ether oxygens (including phenoxy) is 3. The van der Waals surface area contributed by atoms with Gasteiger partial charge in [0.1, 0.15) is 5.82 Å². The molecule has 8 nitrogen and oxygen atoms in total. The summed E-state index contributed by atoms with van der Waals surface area (Å²) >= 11 is 0. The van der Waals surface area contributed by atoms with Gasteiger partial charge in [0, 0.05) is 25.3 Å². The second-order valence-corrected chi connectivity index (χ2v) is 7.13. The van der Waals surface area contributed by atoms with Crippen molar-refractivity contribution in [3.8, 4) is 11.5 Å². The number of carbonyl (C=O) groups is 1. The first-order chi connectivity index (χ1) is 14.2. The molecule has 0 aliphatic carbocycles. The molecule has 1 N–H and O–H groups in total. The van der Waals surface area contributed by atoms with E-state index in [1.807, 2.05) is 30.3 Å². The van der Waals surface area contributed by atoms with Gasteiger partial charge in [-0.25, -0.2) is 9.78 Å². The molecule has 0 radical (unpaired) electrons. The van der Waals surface area contributed by atoms with Crippen LogP contribution in [0.5, 0.6) is 11.5 Å². The number of rotatable bonds is 4. The number of nitrogens with one attached hydrogen (secondary N) is 1. The molecule has 150 valence electrons. The maximum atomic E-state index is 11.6. The van der Waals surface area contributed by atoms with Gasteiger partial charge >= 0.3 is 6.09 Å². The van der Waals surface area contributed by atoms with Crippen molar-refractivity contribution in [2.75, 3.05) is 25.3 Å². The Bertz CT molecular complexity index is 1080. The van der Waals surface area contributed by atoms with Gasteiger partial charge in [-0.15, -0.1) is 0 Å². The van der Waals surface area contributed by atoms with Crippen molar-refractivity contribution in [1.82, 2.24) is 14.5 Å². The summed E-state index contributed by atoms with van der Waals surface area (Å²) in [6.07, 6.45) is -0.453. The monoisotopic (exact) mass is 394 g/mol. The van der Waals surface area contributed by atoms with Gasteiger partial charge in [0.05, 0.1) is 24.2 Å². The van der Waals surface area contributed by atoms with Gasteiger partial charge in [-0.2, -0.15) is 0 Å². The Hall–Kier alpha value is -3.26. The molecule has 3 aromatic rings. The number of anilines is 1. The quantitative estimate of drug-likeness (QED) is 0.731. The van der Waals surface area contributed by atoms with Gasteiger partial charge < -0.3 is 18.8 Å². The molecular formula is C21H22N4O4. The molecule has 0 bridgehead atoms. The lowest BCUT2D eigenvalue weighted by molar-refractivity contribution is 0.168. The van der Waals surface area contributed by atoms with Crippen LogP contribution < -0.4 is 14.8 Å². The standard InChI is InChI=1S/C21H22N4O4/c1-2-27-21(26)22-15-4-5-17-16(10-15)23-20-12-24(7-8-25(17)20)11-14-3-6-18-19(9-14)29-13-28-18/h3-6,9-10H,2,7-8,11-13H2,1H3,(H,22,26). The Kier molecular flexibility index (Phi) is 4.48. The molecule has 2 aliphatic rings. The second kappa shape index (κ2) is 7.29. The molecule has 0 unspecified atom stereocenters. The van der Waals surface area contributed by atoms with Crippen LogP contribution in [0.4, 0.5) is 10.5 Å². The lowest BCUT2D eigenvalue weighted by Gasteiger charge is -2.27. The van der Waals surface area contributed by atoms with Crippen LogP contribution in [-0.4, -0.2) is 40.5 Å².